The molecule has 4 nitrogen and oxygen atoms in total. The minimum absolute atomic E-state index is 0.0681. The van der Waals surface area contributed by atoms with Gasteiger partial charge in [0.2, 0.25) is 12.2 Å². The maximum atomic E-state index is 10.4. The molecule has 1 rings (SSSR count). The van der Waals surface area contributed by atoms with Gasteiger partial charge in [0.05, 0.1) is 6.04 Å². The van der Waals surface area contributed by atoms with E-state index in [9.17, 15) is 9.59 Å². The standard InChI is InChI=1S/C5H7N2O2/c8-3-4-1-2-5(9)7-6-4/h4,6H,1-2H2,(H,7,9). The van der Waals surface area contributed by atoms with E-state index in [1.807, 2.05) is 0 Å². The predicted molar refractivity (Wildman–Crippen MR) is 30.0 cm³/mol. The van der Waals surface area contributed by atoms with E-state index in [-0.39, 0.29) is 11.9 Å². The van der Waals surface area contributed by atoms with Gasteiger partial charge < -0.3 is 0 Å². The predicted octanol–water partition coefficient (Wildman–Crippen LogP) is -1.12. The Hall–Kier alpha value is -0.900. The van der Waals surface area contributed by atoms with E-state index in [0.717, 1.165) is 0 Å². The van der Waals surface area contributed by atoms with Crippen molar-refractivity contribution in [3.63, 3.8) is 0 Å². The maximum Gasteiger partial charge on any atom is 0.234 e. The number of hydrogen-bond acceptors (Lipinski definition) is 3. The average Bonchev–Trinajstić information content (AvgIpc) is 1.90. The summed E-state index contributed by atoms with van der Waals surface area (Å²) in [6.45, 7) is 0. The van der Waals surface area contributed by atoms with E-state index < -0.39 is 0 Å². The first kappa shape index (κ1) is 6.22. The van der Waals surface area contributed by atoms with Gasteiger partial charge in [-0.1, -0.05) is 0 Å². The van der Waals surface area contributed by atoms with Crippen molar-refractivity contribution in [2.75, 3.05) is 0 Å². The first-order valence-corrected chi connectivity index (χ1v) is 2.75. The lowest BCUT2D eigenvalue weighted by Gasteiger charge is -2.17. The normalized spacial score (nSPS) is 27.1. The van der Waals surface area contributed by atoms with Crippen LogP contribution in [0.15, 0.2) is 0 Å². The molecular formula is C5H7N2O2. The van der Waals surface area contributed by atoms with E-state index in [1.165, 1.54) is 0 Å². The Morgan fingerprint density at radius 1 is 1.67 bits per heavy atom. The van der Waals surface area contributed by atoms with Crippen LogP contribution in [0.2, 0.25) is 0 Å². The van der Waals surface area contributed by atoms with Gasteiger partial charge in [-0.05, 0) is 6.42 Å². The van der Waals surface area contributed by atoms with Gasteiger partial charge in [-0.15, -0.1) is 0 Å². The molecule has 0 bridgehead atoms. The second-order valence-electron chi connectivity index (χ2n) is 1.90. The SMILES string of the molecule is O=[C]C1CCC(=O)NN1. The van der Waals surface area contributed by atoms with Gasteiger partial charge >= 0.3 is 0 Å². The molecule has 1 amide bonds. The molecular weight excluding hydrogens is 120 g/mol. The second-order valence-corrected chi connectivity index (χ2v) is 1.90. The molecule has 1 atom stereocenters. The highest BCUT2D eigenvalue weighted by molar-refractivity contribution is 5.77. The van der Waals surface area contributed by atoms with Crippen LogP contribution in [-0.4, -0.2) is 18.2 Å². The van der Waals surface area contributed by atoms with E-state index >= 15 is 0 Å². The van der Waals surface area contributed by atoms with Crippen LogP contribution in [0.5, 0.6) is 0 Å². The highest BCUT2D eigenvalue weighted by Crippen LogP contribution is 1.97. The van der Waals surface area contributed by atoms with Gasteiger partial charge in [-0.2, -0.15) is 0 Å². The summed E-state index contributed by atoms with van der Waals surface area (Å²) in [5.41, 5.74) is 4.83. The van der Waals surface area contributed by atoms with E-state index in [1.54, 1.807) is 6.29 Å². The number of carbonyl (C=O) groups is 1. The fraction of sp³-hybridized carbons (Fsp3) is 0.600. The van der Waals surface area contributed by atoms with Crippen molar-refractivity contribution in [2.45, 2.75) is 18.9 Å². The summed E-state index contributed by atoms with van der Waals surface area (Å²) in [5, 5.41) is 0. The quantitative estimate of drug-likeness (QED) is 0.469. The van der Waals surface area contributed by atoms with Crippen molar-refractivity contribution in [2.24, 2.45) is 0 Å². The zero-order chi connectivity index (χ0) is 6.69. The lowest BCUT2D eigenvalue weighted by molar-refractivity contribution is -0.123. The monoisotopic (exact) mass is 127 g/mol. The number of rotatable bonds is 1. The Morgan fingerprint density at radius 3 is 2.89 bits per heavy atom. The molecule has 1 heterocycles. The van der Waals surface area contributed by atoms with Crippen LogP contribution < -0.4 is 10.9 Å². The number of carbonyl (C=O) groups excluding carboxylic acids is 2. The highest BCUT2D eigenvalue weighted by Gasteiger charge is 2.16. The first-order valence-electron chi connectivity index (χ1n) is 2.75. The van der Waals surface area contributed by atoms with Gasteiger partial charge in [0.1, 0.15) is 0 Å². The molecule has 9 heavy (non-hydrogen) atoms. The minimum Gasteiger partial charge on any atom is -0.291 e. The van der Waals surface area contributed by atoms with E-state index in [2.05, 4.69) is 10.9 Å². The van der Waals surface area contributed by atoms with Gasteiger partial charge in [-0.3, -0.25) is 15.0 Å². The lowest BCUT2D eigenvalue weighted by Crippen LogP contribution is -2.49. The third-order valence-electron chi connectivity index (χ3n) is 1.19. The van der Waals surface area contributed by atoms with Crippen LogP contribution in [0.1, 0.15) is 12.8 Å². The lowest BCUT2D eigenvalue weighted by atomic mass is 10.1. The summed E-state index contributed by atoms with van der Waals surface area (Å²) in [5.74, 6) is -0.0681. The molecule has 0 aromatic heterocycles. The van der Waals surface area contributed by atoms with Gasteiger partial charge in [-0.25, -0.2) is 5.43 Å². The highest BCUT2D eigenvalue weighted by atomic mass is 16.2. The van der Waals surface area contributed by atoms with Crippen LogP contribution in [0.4, 0.5) is 0 Å². The fourth-order valence-corrected chi connectivity index (χ4v) is 0.666. The molecule has 1 unspecified atom stereocenters. The Balaban J connectivity index is 2.34. The zero-order valence-corrected chi connectivity index (χ0v) is 4.81. The Kier molecular flexibility index (Phi) is 1.79. The van der Waals surface area contributed by atoms with Crippen molar-refractivity contribution in [1.82, 2.24) is 10.9 Å². The van der Waals surface area contributed by atoms with Gasteiger partial charge in [0, 0.05) is 6.42 Å². The van der Waals surface area contributed by atoms with Crippen LogP contribution in [0.3, 0.4) is 0 Å². The third kappa shape index (κ3) is 1.50. The number of hydrazine groups is 1. The van der Waals surface area contributed by atoms with E-state index in [0.29, 0.717) is 12.8 Å². The largest absolute Gasteiger partial charge is 0.291 e. The second kappa shape index (κ2) is 2.59. The number of amides is 1. The zero-order valence-electron chi connectivity index (χ0n) is 4.81. The molecule has 2 N–H and O–H groups in total. The summed E-state index contributed by atoms with van der Waals surface area (Å²) in [6.07, 6.45) is 2.71. The van der Waals surface area contributed by atoms with E-state index in [4.69, 9.17) is 0 Å². The van der Waals surface area contributed by atoms with Crippen molar-refractivity contribution < 1.29 is 9.59 Å². The van der Waals surface area contributed by atoms with Gasteiger partial charge in [0.25, 0.3) is 0 Å². The molecule has 0 aromatic carbocycles. The summed E-state index contributed by atoms with van der Waals surface area (Å²) in [7, 11) is 0. The van der Waals surface area contributed by atoms with Crippen LogP contribution >= 0.6 is 0 Å². The molecule has 1 radical (unpaired) electrons. The molecule has 0 spiro atoms. The van der Waals surface area contributed by atoms with Crippen molar-refractivity contribution >= 4 is 12.2 Å². The molecule has 4 heteroatoms. The fourth-order valence-electron chi connectivity index (χ4n) is 0.666. The molecule has 1 aliphatic rings. The number of nitrogens with one attached hydrogen (secondary N) is 2. The van der Waals surface area contributed by atoms with Gasteiger partial charge in [0.15, 0.2) is 0 Å². The summed E-state index contributed by atoms with van der Waals surface area (Å²) < 4.78 is 0. The van der Waals surface area contributed by atoms with Crippen molar-refractivity contribution in [3.8, 4) is 0 Å². The summed E-state index contributed by atoms with van der Waals surface area (Å²) >= 11 is 0. The Morgan fingerprint density at radius 2 is 2.44 bits per heavy atom. The van der Waals surface area contributed by atoms with Crippen LogP contribution in [0.25, 0.3) is 0 Å². The molecule has 49 valence electrons. The number of hydrogen-bond donors (Lipinski definition) is 2. The first-order chi connectivity index (χ1) is 4.33. The smallest absolute Gasteiger partial charge is 0.234 e. The molecule has 1 saturated heterocycles. The topological polar surface area (TPSA) is 58.2 Å². The Labute approximate surface area is 52.6 Å². The molecule has 0 aliphatic carbocycles. The Bertz CT molecular complexity index is 125. The molecule has 0 saturated carbocycles. The molecule has 1 fully saturated rings. The molecule has 0 aromatic rings. The minimum atomic E-state index is -0.317. The average molecular weight is 127 g/mol. The van der Waals surface area contributed by atoms with Crippen molar-refractivity contribution in [3.05, 3.63) is 0 Å². The third-order valence-corrected chi connectivity index (χ3v) is 1.19. The van der Waals surface area contributed by atoms with Crippen molar-refractivity contribution in [1.29, 1.82) is 0 Å². The molecule has 1 aliphatic heterocycles. The maximum absolute atomic E-state index is 10.4. The van der Waals surface area contributed by atoms with Crippen LogP contribution in [-0.2, 0) is 9.59 Å². The summed E-state index contributed by atoms with van der Waals surface area (Å²) in [6, 6.07) is -0.317. The van der Waals surface area contributed by atoms with Crippen LogP contribution in [0, 0.1) is 0 Å². The summed E-state index contributed by atoms with van der Waals surface area (Å²) in [4.78, 5) is 20.3.